The molecule has 5 nitrogen and oxygen atoms in total. The normalized spacial score (nSPS) is 13.5. The van der Waals surface area contributed by atoms with E-state index in [0.29, 0.717) is 18.9 Å². The van der Waals surface area contributed by atoms with E-state index in [2.05, 4.69) is 10.6 Å². The van der Waals surface area contributed by atoms with E-state index in [1.807, 2.05) is 6.92 Å². The number of anilines is 1. The van der Waals surface area contributed by atoms with Crippen molar-refractivity contribution >= 4 is 17.6 Å². The van der Waals surface area contributed by atoms with E-state index in [0.717, 1.165) is 12.1 Å². The second-order valence-electron chi connectivity index (χ2n) is 4.91. The molecule has 0 aliphatic carbocycles. The summed E-state index contributed by atoms with van der Waals surface area (Å²) >= 11 is 0. The molecule has 0 radical (unpaired) electrons. The van der Waals surface area contributed by atoms with Gasteiger partial charge in [0, 0.05) is 6.07 Å². The van der Waals surface area contributed by atoms with Gasteiger partial charge < -0.3 is 10.4 Å². The van der Waals surface area contributed by atoms with Gasteiger partial charge in [0.05, 0.1) is 12.2 Å². The quantitative estimate of drug-likeness (QED) is 0.721. The van der Waals surface area contributed by atoms with E-state index >= 15 is 0 Å². The predicted molar refractivity (Wildman–Crippen MR) is 73.9 cm³/mol. The predicted octanol–water partition coefficient (Wildman–Crippen LogP) is 2.14. The van der Waals surface area contributed by atoms with Gasteiger partial charge in [0.25, 0.3) is 0 Å². The molecule has 0 saturated carbocycles. The van der Waals surface area contributed by atoms with E-state index in [1.54, 1.807) is 0 Å². The number of carbonyl (C=O) groups excluding carboxylic acids is 1. The fraction of sp³-hybridized carbons (Fsp3) is 0.429. The number of carbonyl (C=O) groups is 2. The van der Waals surface area contributed by atoms with Gasteiger partial charge in [0.2, 0.25) is 5.91 Å². The van der Waals surface area contributed by atoms with Crippen molar-refractivity contribution in [3.8, 4) is 0 Å². The molecule has 1 rings (SSSR count). The zero-order valence-corrected chi connectivity index (χ0v) is 11.9. The van der Waals surface area contributed by atoms with E-state index in [1.165, 1.54) is 6.92 Å². The number of hydrogen-bond donors (Lipinski definition) is 3. The molecule has 1 atom stereocenters. The number of hydrogen-bond acceptors (Lipinski definition) is 3. The van der Waals surface area contributed by atoms with Crippen LogP contribution in [-0.4, -0.2) is 29.1 Å². The highest BCUT2D eigenvalue weighted by Crippen LogP contribution is 2.15. The molecular formula is C14H18F2N2O3. The van der Waals surface area contributed by atoms with Crippen LogP contribution in [-0.2, 0) is 9.59 Å². The zero-order valence-electron chi connectivity index (χ0n) is 11.9. The first-order valence-corrected chi connectivity index (χ1v) is 6.52. The van der Waals surface area contributed by atoms with Crippen LogP contribution in [0.5, 0.6) is 0 Å². The molecule has 1 unspecified atom stereocenters. The molecule has 1 aromatic carbocycles. The van der Waals surface area contributed by atoms with Crippen LogP contribution in [0.4, 0.5) is 14.5 Å². The van der Waals surface area contributed by atoms with Crippen molar-refractivity contribution in [3.63, 3.8) is 0 Å². The van der Waals surface area contributed by atoms with Gasteiger partial charge in [-0.15, -0.1) is 0 Å². The minimum absolute atomic E-state index is 0.157. The summed E-state index contributed by atoms with van der Waals surface area (Å²) in [5.74, 6) is -3.31. The Kier molecular flexibility index (Phi) is 5.78. The minimum Gasteiger partial charge on any atom is -0.480 e. The molecule has 0 bridgehead atoms. The average Bonchev–Trinajstić information content (AvgIpc) is 2.40. The first-order valence-electron chi connectivity index (χ1n) is 6.52. The van der Waals surface area contributed by atoms with Crippen LogP contribution in [0.1, 0.15) is 26.7 Å². The van der Waals surface area contributed by atoms with Gasteiger partial charge in [-0.3, -0.25) is 14.9 Å². The van der Waals surface area contributed by atoms with Gasteiger partial charge >= 0.3 is 5.97 Å². The number of carboxylic acids is 1. The monoisotopic (exact) mass is 300 g/mol. The van der Waals surface area contributed by atoms with Crippen LogP contribution < -0.4 is 10.6 Å². The Balaban J connectivity index is 2.63. The summed E-state index contributed by atoms with van der Waals surface area (Å²) in [6, 6.07) is 2.77. The molecule has 3 N–H and O–H groups in total. The van der Waals surface area contributed by atoms with Crippen molar-refractivity contribution < 1.29 is 23.5 Å². The molecule has 0 aliphatic rings. The van der Waals surface area contributed by atoms with Gasteiger partial charge in [-0.2, -0.15) is 0 Å². The zero-order chi connectivity index (χ0) is 16.0. The lowest BCUT2D eigenvalue weighted by atomic mass is 9.96. The van der Waals surface area contributed by atoms with E-state index < -0.39 is 29.0 Å². The van der Waals surface area contributed by atoms with Gasteiger partial charge in [-0.05, 0) is 25.5 Å². The standard InChI is InChI=1S/C14H18F2N2O3/c1-3-6-14(2,13(20)21)17-8-12(19)18-11-5-4-9(15)7-10(11)16/h4-5,7,17H,3,6,8H2,1-2H3,(H,18,19)(H,20,21). The molecule has 116 valence electrons. The third-order valence-electron chi connectivity index (χ3n) is 3.07. The fourth-order valence-corrected chi connectivity index (χ4v) is 1.83. The molecule has 0 fully saturated rings. The highest BCUT2D eigenvalue weighted by molar-refractivity contribution is 5.93. The maximum absolute atomic E-state index is 13.4. The third-order valence-corrected chi connectivity index (χ3v) is 3.07. The fourth-order valence-electron chi connectivity index (χ4n) is 1.83. The number of aliphatic carboxylic acids is 1. The molecule has 0 heterocycles. The second kappa shape index (κ2) is 7.12. The Bertz CT molecular complexity index is 537. The van der Waals surface area contributed by atoms with Crippen molar-refractivity contribution in [2.45, 2.75) is 32.2 Å². The van der Waals surface area contributed by atoms with E-state index in [-0.39, 0.29) is 12.2 Å². The molecular weight excluding hydrogens is 282 g/mol. The van der Waals surface area contributed by atoms with Crippen molar-refractivity contribution in [2.75, 3.05) is 11.9 Å². The van der Waals surface area contributed by atoms with Crippen LogP contribution in [0, 0.1) is 11.6 Å². The topological polar surface area (TPSA) is 78.4 Å². The second-order valence-corrected chi connectivity index (χ2v) is 4.91. The van der Waals surface area contributed by atoms with Crippen LogP contribution >= 0.6 is 0 Å². The first kappa shape index (κ1) is 17.0. The summed E-state index contributed by atoms with van der Waals surface area (Å²) < 4.78 is 26.1. The number of amides is 1. The summed E-state index contributed by atoms with van der Waals surface area (Å²) in [7, 11) is 0. The van der Waals surface area contributed by atoms with Crippen LogP contribution in [0.3, 0.4) is 0 Å². The minimum atomic E-state index is -1.23. The van der Waals surface area contributed by atoms with Crippen molar-refractivity contribution in [1.82, 2.24) is 5.32 Å². The third kappa shape index (κ3) is 4.78. The molecule has 7 heteroatoms. The highest BCUT2D eigenvalue weighted by atomic mass is 19.1. The number of halogens is 2. The Morgan fingerprint density at radius 1 is 1.33 bits per heavy atom. The lowest BCUT2D eigenvalue weighted by Gasteiger charge is -2.25. The number of carboxylic acid groups (broad SMARTS) is 1. The summed E-state index contributed by atoms with van der Waals surface area (Å²) in [6.45, 7) is 3.01. The highest BCUT2D eigenvalue weighted by Gasteiger charge is 2.31. The van der Waals surface area contributed by atoms with E-state index in [9.17, 15) is 18.4 Å². The summed E-state index contributed by atoms with van der Waals surface area (Å²) in [5, 5.41) is 14.0. The Labute approximate surface area is 121 Å². The Morgan fingerprint density at radius 3 is 2.52 bits per heavy atom. The van der Waals surface area contributed by atoms with Gasteiger partial charge in [-0.25, -0.2) is 8.78 Å². The maximum atomic E-state index is 13.4. The van der Waals surface area contributed by atoms with Crippen molar-refractivity contribution in [3.05, 3.63) is 29.8 Å². The van der Waals surface area contributed by atoms with Gasteiger partial charge in [0.15, 0.2) is 0 Å². The number of nitrogens with one attached hydrogen (secondary N) is 2. The first-order chi connectivity index (χ1) is 9.78. The molecule has 21 heavy (non-hydrogen) atoms. The molecule has 0 spiro atoms. The molecule has 1 aromatic rings. The average molecular weight is 300 g/mol. The van der Waals surface area contributed by atoms with Crippen LogP contribution in [0.2, 0.25) is 0 Å². The number of rotatable bonds is 7. The smallest absolute Gasteiger partial charge is 0.323 e. The number of benzene rings is 1. The Morgan fingerprint density at radius 2 is 2.00 bits per heavy atom. The van der Waals surface area contributed by atoms with Crippen LogP contribution in [0.15, 0.2) is 18.2 Å². The van der Waals surface area contributed by atoms with Gasteiger partial charge in [0.1, 0.15) is 17.2 Å². The molecule has 1 amide bonds. The molecule has 0 saturated heterocycles. The Hall–Kier alpha value is -2.02. The largest absolute Gasteiger partial charge is 0.480 e. The summed E-state index contributed by atoms with van der Waals surface area (Å²) in [4.78, 5) is 22.9. The summed E-state index contributed by atoms with van der Waals surface area (Å²) in [6.07, 6.45) is 0.977. The SMILES string of the molecule is CCCC(C)(NCC(=O)Nc1ccc(F)cc1F)C(=O)O. The van der Waals surface area contributed by atoms with E-state index in [4.69, 9.17) is 5.11 Å². The van der Waals surface area contributed by atoms with Crippen molar-refractivity contribution in [2.24, 2.45) is 0 Å². The molecule has 0 aliphatic heterocycles. The molecule has 0 aromatic heterocycles. The summed E-state index contributed by atoms with van der Waals surface area (Å²) in [5.41, 5.74) is -1.39. The lowest BCUT2D eigenvalue weighted by molar-refractivity contribution is -0.144. The van der Waals surface area contributed by atoms with Crippen molar-refractivity contribution in [1.29, 1.82) is 0 Å². The maximum Gasteiger partial charge on any atom is 0.323 e. The van der Waals surface area contributed by atoms with Gasteiger partial charge in [-0.1, -0.05) is 13.3 Å². The van der Waals surface area contributed by atoms with Crippen LogP contribution in [0.25, 0.3) is 0 Å². The lowest BCUT2D eigenvalue weighted by Crippen LogP contribution is -2.51.